The summed E-state index contributed by atoms with van der Waals surface area (Å²) in [6.45, 7) is 2.28. The van der Waals surface area contributed by atoms with Gasteiger partial charge in [-0.1, -0.05) is 6.07 Å². The molecule has 0 amide bonds. The second-order valence-electron chi connectivity index (χ2n) is 4.42. The number of hydrogen-bond donors (Lipinski definition) is 2. The minimum Gasteiger partial charge on any atom is -0.396 e. The Bertz CT molecular complexity index is 466. The third-order valence-corrected chi connectivity index (χ3v) is 3.89. The van der Waals surface area contributed by atoms with Gasteiger partial charge in [0.2, 0.25) is 0 Å². The van der Waals surface area contributed by atoms with Gasteiger partial charge in [0.1, 0.15) is 11.9 Å². The third-order valence-electron chi connectivity index (χ3n) is 2.96. The van der Waals surface area contributed by atoms with Crippen molar-refractivity contribution in [3.63, 3.8) is 0 Å². The number of aromatic nitrogens is 2. The van der Waals surface area contributed by atoms with Gasteiger partial charge in [-0.25, -0.2) is 4.98 Å². The average Bonchev–Trinajstić information content (AvgIpc) is 2.97. The normalized spacial score (nSPS) is 14.6. The van der Waals surface area contributed by atoms with Crippen LogP contribution in [0.5, 0.6) is 0 Å². The molecule has 0 aliphatic heterocycles. The summed E-state index contributed by atoms with van der Waals surface area (Å²) >= 11 is 1.72. The molecule has 98 valence electrons. The van der Waals surface area contributed by atoms with Crippen LogP contribution in [0.1, 0.15) is 30.1 Å². The van der Waals surface area contributed by atoms with E-state index < -0.39 is 0 Å². The molecule has 0 aliphatic carbocycles. The zero-order valence-electron chi connectivity index (χ0n) is 10.7. The van der Waals surface area contributed by atoms with Gasteiger partial charge in [-0.3, -0.25) is 0 Å². The molecule has 2 aromatic heterocycles. The number of imidazole rings is 1. The summed E-state index contributed by atoms with van der Waals surface area (Å²) in [5, 5.41) is 14.6. The molecule has 0 fully saturated rings. The molecular formula is C13H19N3OS. The monoisotopic (exact) mass is 265 g/mol. The quantitative estimate of drug-likeness (QED) is 0.839. The Morgan fingerprint density at radius 3 is 2.94 bits per heavy atom. The van der Waals surface area contributed by atoms with Crippen LogP contribution in [0.4, 0.5) is 0 Å². The van der Waals surface area contributed by atoms with E-state index in [1.54, 1.807) is 11.3 Å². The number of nitrogens with one attached hydrogen (secondary N) is 1. The van der Waals surface area contributed by atoms with E-state index >= 15 is 0 Å². The SMILES string of the molecule is CC(CCO)NC(c1cccs1)c1nccn1C. The van der Waals surface area contributed by atoms with Crippen molar-refractivity contribution in [2.24, 2.45) is 7.05 Å². The van der Waals surface area contributed by atoms with Crippen molar-refractivity contribution >= 4 is 11.3 Å². The molecule has 0 aromatic carbocycles. The lowest BCUT2D eigenvalue weighted by Gasteiger charge is -2.21. The van der Waals surface area contributed by atoms with Crippen molar-refractivity contribution in [1.82, 2.24) is 14.9 Å². The molecule has 0 bridgehead atoms. The molecule has 5 heteroatoms. The second-order valence-corrected chi connectivity index (χ2v) is 5.40. The molecule has 0 saturated heterocycles. The number of nitrogens with zero attached hydrogens (tertiary/aromatic N) is 2. The number of rotatable bonds is 6. The van der Waals surface area contributed by atoms with Crippen molar-refractivity contribution in [3.8, 4) is 0 Å². The number of thiophene rings is 1. The minimum absolute atomic E-state index is 0.0894. The van der Waals surface area contributed by atoms with E-state index in [1.165, 1.54) is 4.88 Å². The maximum atomic E-state index is 9.01. The van der Waals surface area contributed by atoms with Gasteiger partial charge in [-0.05, 0) is 24.8 Å². The van der Waals surface area contributed by atoms with Crippen molar-refractivity contribution in [1.29, 1.82) is 0 Å². The Kier molecular flexibility index (Phi) is 4.52. The van der Waals surface area contributed by atoms with Crippen molar-refractivity contribution in [2.45, 2.75) is 25.4 Å². The zero-order chi connectivity index (χ0) is 13.0. The summed E-state index contributed by atoms with van der Waals surface area (Å²) in [6, 6.07) is 4.50. The van der Waals surface area contributed by atoms with Gasteiger partial charge in [0.15, 0.2) is 0 Å². The molecule has 2 atom stereocenters. The molecule has 0 radical (unpaired) electrons. The Morgan fingerprint density at radius 2 is 2.39 bits per heavy atom. The van der Waals surface area contributed by atoms with Gasteiger partial charge >= 0.3 is 0 Å². The van der Waals surface area contributed by atoms with E-state index in [2.05, 4.69) is 28.7 Å². The van der Waals surface area contributed by atoms with Crippen molar-refractivity contribution < 1.29 is 5.11 Å². The maximum Gasteiger partial charge on any atom is 0.131 e. The van der Waals surface area contributed by atoms with E-state index in [0.29, 0.717) is 0 Å². The Hall–Kier alpha value is -1.17. The lowest BCUT2D eigenvalue weighted by atomic mass is 10.1. The fourth-order valence-electron chi connectivity index (χ4n) is 1.96. The van der Waals surface area contributed by atoms with Gasteiger partial charge < -0.3 is 15.0 Å². The topological polar surface area (TPSA) is 50.1 Å². The predicted molar refractivity (Wildman–Crippen MR) is 73.7 cm³/mol. The lowest BCUT2D eigenvalue weighted by Crippen LogP contribution is -2.33. The summed E-state index contributed by atoms with van der Waals surface area (Å²) in [7, 11) is 2.00. The highest BCUT2D eigenvalue weighted by atomic mass is 32.1. The van der Waals surface area contributed by atoms with Crippen LogP contribution in [0.2, 0.25) is 0 Å². The number of aryl methyl sites for hydroxylation is 1. The van der Waals surface area contributed by atoms with Crippen LogP contribution in [0, 0.1) is 0 Å². The second kappa shape index (κ2) is 6.13. The Morgan fingerprint density at radius 1 is 1.56 bits per heavy atom. The predicted octanol–water partition coefficient (Wildman–Crippen LogP) is 1.93. The van der Waals surface area contributed by atoms with Gasteiger partial charge in [0, 0.05) is 37.0 Å². The van der Waals surface area contributed by atoms with Crippen LogP contribution in [0.25, 0.3) is 0 Å². The number of aliphatic hydroxyl groups excluding tert-OH is 1. The molecule has 4 nitrogen and oxygen atoms in total. The van der Waals surface area contributed by atoms with Crippen molar-refractivity contribution in [3.05, 3.63) is 40.6 Å². The number of aliphatic hydroxyl groups is 1. The molecule has 2 heterocycles. The van der Waals surface area contributed by atoms with Gasteiger partial charge in [0.05, 0.1) is 0 Å². The smallest absolute Gasteiger partial charge is 0.131 e. The summed E-state index contributed by atoms with van der Waals surface area (Å²) in [4.78, 5) is 5.67. The highest BCUT2D eigenvalue weighted by Gasteiger charge is 2.20. The molecule has 0 aliphatic rings. The molecule has 2 N–H and O–H groups in total. The number of hydrogen-bond acceptors (Lipinski definition) is 4. The van der Waals surface area contributed by atoms with E-state index in [-0.39, 0.29) is 18.7 Å². The van der Waals surface area contributed by atoms with Crippen LogP contribution in [0.15, 0.2) is 29.9 Å². The van der Waals surface area contributed by atoms with Crippen LogP contribution in [0.3, 0.4) is 0 Å². The van der Waals surface area contributed by atoms with Crippen molar-refractivity contribution in [2.75, 3.05) is 6.61 Å². The first-order valence-electron chi connectivity index (χ1n) is 6.10. The summed E-state index contributed by atoms with van der Waals surface area (Å²) in [6.07, 6.45) is 4.51. The maximum absolute atomic E-state index is 9.01. The molecule has 0 saturated carbocycles. The van der Waals surface area contributed by atoms with E-state index in [9.17, 15) is 0 Å². The fourth-order valence-corrected chi connectivity index (χ4v) is 2.74. The Labute approximate surface area is 111 Å². The van der Waals surface area contributed by atoms with Crippen LogP contribution in [-0.4, -0.2) is 27.3 Å². The zero-order valence-corrected chi connectivity index (χ0v) is 11.5. The summed E-state index contributed by atoms with van der Waals surface area (Å²) in [5.41, 5.74) is 0. The molecular weight excluding hydrogens is 246 g/mol. The standard InChI is InChI=1S/C13H19N3OS/c1-10(5-8-17)15-12(11-4-3-9-18-11)13-14-6-7-16(13)2/h3-4,6-7,9-10,12,15,17H,5,8H2,1-2H3. The Balaban J connectivity index is 2.22. The fraction of sp³-hybridized carbons (Fsp3) is 0.462. The van der Waals surface area contributed by atoms with E-state index in [4.69, 9.17) is 5.11 Å². The first-order valence-corrected chi connectivity index (χ1v) is 6.98. The highest BCUT2D eigenvalue weighted by Crippen LogP contribution is 2.25. The first-order chi connectivity index (χ1) is 8.72. The molecule has 2 unspecified atom stereocenters. The van der Waals surface area contributed by atoms with Gasteiger partial charge in [-0.15, -0.1) is 11.3 Å². The highest BCUT2D eigenvalue weighted by molar-refractivity contribution is 7.10. The van der Waals surface area contributed by atoms with Gasteiger partial charge in [-0.2, -0.15) is 0 Å². The first kappa shape index (κ1) is 13.3. The molecule has 18 heavy (non-hydrogen) atoms. The van der Waals surface area contributed by atoms with Crippen LogP contribution < -0.4 is 5.32 Å². The molecule has 2 aromatic rings. The van der Waals surface area contributed by atoms with E-state index in [1.807, 2.05) is 30.1 Å². The third kappa shape index (κ3) is 2.98. The van der Waals surface area contributed by atoms with E-state index in [0.717, 1.165) is 12.2 Å². The lowest BCUT2D eigenvalue weighted by molar-refractivity contribution is 0.265. The average molecular weight is 265 g/mol. The largest absolute Gasteiger partial charge is 0.396 e. The van der Waals surface area contributed by atoms with Crippen LogP contribution in [-0.2, 0) is 7.05 Å². The van der Waals surface area contributed by atoms with Gasteiger partial charge in [0.25, 0.3) is 0 Å². The summed E-state index contributed by atoms with van der Waals surface area (Å²) < 4.78 is 2.03. The molecule has 2 rings (SSSR count). The van der Waals surface area contributed by atoms with Crippen LogP contribution >= 0.6 is 11.3 Å². The molecule has 0 spiro atoms. The minimum atomic E-state index is 0.0894. The summed E-state index contributed by atoms with van der Waals surface area (Å²) in [5.74, 6) is 1.00.